The van der Waals surface area contributed by atoms with E-state index in [2.05, 4.69) is 33.2 Å². The highest BCUT2D eigenvalue weighted by Crippen LogP contribution is 2.32. The first-order chi connectivity index (χ1) is 13.5. The van der Waals surface area contributed by atoms with Gasteiger partial charge in [0, 0.05) is 20.3 Å². The molecule has 0 atom stereocenters. The molecule has 0 saturated carbocycles. The van der Waals surface area contributed by atoms with E-state index in [1.807, 2.05) is 45.0 Å². The molecule has 0 spiro atoms. The van der Waals surface area contributed by atoms with Gasteiger partial charge in [0.1, 0.15) is 0 Å². The van der Waals surface area contributed by atoms with E-state index in [9.17, 15) is 0 Å². The summed E-state index contributed by atoms with van der Waals surface area (Å²) in [4.78, 5) is 0. The Morgan fingerprint density at radius 1 is 1.39 bits per heavy atom. The van der Waals surface area contributed by atoms with E-state index < -0.39 is 0 Å². The summed E-state index contributed by atoms with van der Waals surface area (Å²) in [5, 5.41) is 13.6. The van der Waals surface area contributed by atoms with Gasteiger partial charge in [-0.25, -0.2) is 0 Å². The summed E-state index contributed by atoms with van der Waals surface area (Å²) in [6, 6.07) is 5.81. The minimum Gasteiger partial charge on any atom is -0.499 e. The highest BCUT2D eigenvalue weighted by Gasteiger charge is 2.13. The number of nitrogens with two attached hydrogens (primary N) is 2. The van der Waals surface area contributed by atoms with E-state index in [0.717, 1.165) is 29.4 Å². The number of hydrogen-bond donors (Lipinski definition) is 3. The van der Waals surface area contributed by atoms with E-state index in [-0.39, 0.29) is 6.79 Å². The van der Waals surface area contributed by atoms with Gasteiger partial charge in [-0.15, -0.1) is 10.2 Å². The Morgan fingerprint density at radius 2 is 2.07 bits per heavy atom. The molecule has 10 heteroatoms. The summed E-state index contributed by atoms with van der Waals surface area (Å²) in [5.74, 6) is 7.92. The molecule has 0 saturated heterocycles. The zero-order valence-corrected chi connectivity index (χ0v) is 16.8. The molecule has 154 valence electrons. The van der Waals surface area contributed by atoms with Gasteiger partial charge < -0.3 is 31.1 Å². The van der Waals surface area contributed by atoms with Crippen LogP contribution in [0.15, 0.2) is 35.1 Å². The third-order valence-electron chi connectivity index (χ3n) is 3.57. The molecule has 2 heterocycles. The second-order valence-corrected chi connectivity index (χ2v) is 5.50. The molecule has 0 amide bonds. The number of nitrogens with zero attached hydrogens (tertiary/aromatic N) is 4. The SMILES string of the molecule is C/C=C(\C)OCC.C=NN.Cn1c(N)nnc1NCc1ccc2c(c1)OCO2. The second-order valence-electron chi connectivity index (χ2n) is 5.50. The normalized spacial score (nSPS) is 11.5. The van der Waals surface area contributed by atoms with Crippen molar-refractivity contribution in [3.8, 4) is 11.5 Å². The van der Waals surface area contributed by atoms with Gasteiger partial charge in [0.05, 0.1) is 12.4 Å². The standard InChI is InChI=1S/C11H13N5O2.C6H12O.CH4N2/c1-16-10(12)14-15-11(16)13-5-7-2-3-8-9(4-7)18-6-17-8;1-4-6(3)7-5-2;1-3-2/h2-4H,5-6H2,1H3,(H2,12,14)(H,13,15);4H,5H2,1-3H3;1-2H2/b;6-4+;. The molecular weight excluding hydrogens is 362 g/mol. The molecular formula is C18H29N7O3. The summed E-state index contributed by atoms with van der Waals surface area (Å²) in [6.45, 7) is 10.5. The Kier molecular flexibility index (Phi) is 9.73. The highest BCUT2D eigenvalue weighted by molar-refractivity contribution is 5.45. The molecule has 1 aliphatic heterocycles. The number of hydrogen-bond acceptors (Lipinski definition) is 9. The predicted molar refractivity (Wildman–Crippen MR) is 110 cm³/mol. The Bertz CT molecular complexity index is 775. The third-order valence-corrected chi connectivity index (χ3v) is 3.57. The first kappa shape index (κ1) is 22.6. The zero-order valence-electron chi connectivity index (χ0n) is 16.8. The fourth-order valence-electron chi connectivity index (χ4n) is 2.04. The van der Waals surface area contributed by atoms with Crippen molar-refractivity contribution in [3.05, 3.63) is 35.6 Å². The maximum absolute atomic E-state index is 5.60. The number of aromatic nitrogens is 3. The van der Waals surface area contributed by atoms with Gasteiger partial charge in [-0.1, -0.05) is 12.1 Å². The van der Waals surface area contributed by atoms with E-state index >= 15 is 0 Å². The minimum atomic E-state index is 0.284. The Hall–Kier alpha value is -3.43. The van der Waals surface area contributed by atoms with Crippen molar-refractivity contribution in [3.63, 3.8) is 0 Å². The number of allylic oxidation sites excluding steroid dienone is 2. The third kappa shape index (κ3) is 7.06. The van der Waals surface area contributed by atoms with Crippen molar-refractivity contribution in [2.24, 2.45) is 18.0 Å². The molecule has 0 bridgehead atoms. The van der Waals surface area contributed by atoms with Crippen molar-refractivity contribution in [1.29, 1.82) is 0 Å². The summed E-state index contributed by atoms with van der Waals surface area (Å²) in [6.07, 6.45) is 1.95. The van der Waals surface area contributed by atoms with Gasteiger partial charge >= 0.3 is 0 Å². The average molecular weight is 391 g/mol. The highest BCUT2D eigenvalue weighted by atomic mass is 16.7. The van der Waals surface area contributed by atoms with Crippen LogP contribution in [0.5, 0.6) is 11.5 Å². The summed E-state index contributed by atoms with van der Waals surface area (Å²) < 4.78 is 17.3. The number of ether oxygens (including phenoxy) is 3. The van der Waals surface area contributed by atoms with Crippen LogP contribution in [0.2, 0.25) is 0 Å². The molecule has 3 rings (SSSR count). The van der Waals surface area contributed by atoms with Gasteiger partial charge in [-0.3, -0.25) is 4.57 Å². The fourth-order valence-corrected chi connectivity index (χ4v) is 2.04. The number of rotatable bonds is 5. The van der Waals surface area contributed by atoms with Crippen molar-refractivity contribution < 1.29 is 14.2 Å². The van der Waals surface area contributed by atoms with Gasteiger partial charge in [0.25, 0.3) is 0 Å². The Morgan fingerprint density at radius 3 is 2.61 bits per heavy atom. The molecule has 0 aliphatic carbocycles. The number of anilines is 2. The van der Waals surface area contributed by atoms with Crippen LogP contribution in [-0.2, 0) is 18.3 Å². The van der Waals surface area contributed by atoms with Crippen molar-refractivity contribution in [2.45, 2.75) is 27.3 Å². The molecule has 1 aromatic carbocycles. The lowest BCUT2D eigenvalue weighted by atomic mass is 10.2. The van der Waals surface area contributed by atoms with Gasteiger partial charge in [0.15, 0.2) is 11.5 Å². The Balaban J connectivity index is 0.000000331. The van der Waals surface area contributed by atoms with E-state index in [1.54, 1.807) is 11.6 Å². The summed E-state index contributed by atoms with van der Waals surface area (Å²) in [7, 11) is 1.80. The fraction of sp³-hybridized carbons (Fsp3) is 0.389. The topological polar surface area (TPSA) is 135 Å². The maximum atomic E-state index is 5.60. The predicted octanol–water partition coefficient (Wildman–Crippen LogP) is 2.25. The molecule has 5 N–H and O–H groups in total. The molecule has 0 radical (unpaired) electrons. The van der Waals surface area contributed by atoms with E-state index in [1.165, 1.54) is 0 Å². The van der Waals surface area contributed by atoms with Crippen LogP contribution >= 0.6 is 0 Å². The first-order valence-electron chi connectivity index (χ1n) is 8.65. The van der Waals surface area contributed by atoms with Crippen LogP contribution in [-0.4, -0.2) is 34.9 Å². The number of hydrazone groups is 1. The minimum absolute atomic E-state index is 0.284. The largest absolute Gasteiger partial charge is 0.499 e. The molecule has 1 aromatic heterocycles. The van der Waals surface area contributed by atoms with Crippen molar-refractivity contribution >= 4 is 18.6 Å². The smallest absolute Gasteiger partial charge is 0.231 e. The number of benzene rings is 1. The van der Waals surface area contributed by atoms with E-state index in [0.29, 0.717) is 18.4 Å². The number of nitrogen functional groups attached to an aromatic ring is 1. The molecule has 1 aliphatic rings. The van der Waals surface area contributed by atoms with Crippen LogP contribution in [0.25, 0.3) is 0 Å². The zero-order chi connectivity index (χ0) is 20.9. The molecule has 10 nitrogen and oxygen atoms in total. The quantitative estimate of drug-likeness (QED) is 0.306. The van der Waals surface area contributed by atoms with Crippen molar-refractivity contribution in [1.82, 2.24) is 14.8 Å². The lowest BCUT2D eigenvalue weighted by Crippen LogP contribution is -2.06. The lowest BCUT2D eigenvalue weighted by molar-refractivity contribution is 0.174. The van der Waals surface area contributed by atoms with Gasteiger partial charge in [-0.05, 0) is 38.5 Å². The van der Waals surface area contributed by atoms with Crippen LogP contribution in [0.3, 0.4) is 0 Å². The molecule has 0 unspecified atom stereocenters. The van der Waals surface area contributed by atoms with Gasteiger partial charge in [-0.2, -0.15) is 5.10 Å². The lowest BCUT2D eigenvalue weighted by Gasteiger charge is -2.06. The monoisotopic (exact) mass is 391 g/mol. The second kappa shape index (κ2) is 12.0. The molecule has 2 aromatic rings. The van der Waals surface area contributed by atoms with Crippen LogP contribution in [0.4, 0.5) is 11.9 Å². The number of nitrogens with one attached hydrogen (secondary N) is 1. The maximum Gasteiger partial charge on any atom is 0.231 e. The van der Waals surface area contributed by atoms with E-state index in [4.69, 9.17) is 19.9 Å². The van der Waals surface area contributed by atoms with Crippen molar-refractivity contribution in [2.75, 3.05) is 24.5 Å². The van der Waals surface area contributed by atoms with Crippen LogP contribution < -0.4 is 26.4 Å². The van der Waals surface area contributed by atoms with Gasteiger partial charge in [0.2, 0.25) is 18.7 Å². The molecule has 28 heavy (non-hydrogen) atoms. The summed E-state index contributed by atoms with van der Waals surface area (Å²) in [5.41, 5.74) is 6.67. The van der Waals surface area contributed by atoms with Crippen LogP contribution in [0.1, 0.15) is 26.3 Å². The van der Waals surface area contributed by atoms with Crippen LogP contribution in [0, 0.1) is 0 Å². The average Bonchev–Trinajstić information content (AvgIpc) is 3.28. The summed E-state index contributed by atoms with van der Waals surface area (Å²) >= 11 is 0. The number of fused-ring (bicyclic) bond motifs is 1. The first-order valence-corrected chi connectivity index (χ1v) is 8.65. The molecule has 0 fully saturated rings. The Labute approximate surface area is 165 Å².